The first-order chi connectivity index (χ1) is 18.3. The molecule has 2 saturated heterocycles. The van der Waals surface area contributed by atoms with E-state index in [1.165, 1.54) is 30.5 Å². The molecule has 7 heteroatoms. The lowest BCUT2D eigenvalue weighted by Gasteiger charge is -2.39. The first kappa shape index (κ1) is 24.2. The first-order valence-corrected chi connectivity index (χ1v) is 14.1. The highest BCUT2D eigenvalue weighted by Crippen LogP contribution is 2.29. The van der Waals surface area contributed by atoms with Crippen molar-refractivity contribution >= 4 is 11.7 Å². The molecule has 0 radical (unpaired) electrons. The van der Waals surface area contributed by atoms with Gasteiger partial charge in [0.2, 0.25) is 0 Å². The molecular formula is C30H38N6O. The van der Waals surface area contributed by atoms with Crippen LogP contribution in [0.2, 0.25) is 0 Å². The number of aromatic nitrogens is 3. The predicted molar refractivity (Wildman–Crippen MR) is 146 cm³/mol. The molecule has 1 unspecified atom stereocenters. The standard InChI is InChI=1S/C30H38N6O/c37-30(29-26-13-5-2-6-14-27(26)36(32-29)25-11-3-1-4-12-25)35-17-9-10-24(23-35)22-33-18-20-34(21-19-33)28-15-7-8-16-31-28/h1,3-4,7-8,11-12,15-16,24H,2,5-6,9-10,13-14,17-23H2. The second-order valence-electron chi connectivity index (χ2n) is 10.8. The fourth-order valence-corrected chi connectivity index (χ4v) is 6.34. The van der Waals surface area contributed by atoms with E-state index in [1.807, 2.05) is 30.5 Å². The number of amides is 1. The highest BCUT2D eigenvalue weighted by Gasteiger charge is 2.32. The zero-order valence-electron chi connectivity index (χ0n) is 21.8. The summed E-state index contributed by atoms with van der Waals surface area (Å²) in [5, 5.41) is 4.96. The van der Waals surface area contributed by atoms with E-state index in [0.717, 1.165) is 83.0 Å². The summed E-state index contributed by atoms with van der Waals surface area (Å²) in [5.41, 5.74) is 4.19. The molecule has 3 aliphatic rings. The summed E-state index contributed by atoms with van der Waals surface area (Å²) < 4.78 is 2.05. The van der Waals surface area contributed by atoms with Crippen molar-refractivity contribution in [1.82, 2.24) is 24.6 Å². The molecule has 3 aromatic rings. The summed E-state index contributed by atoms with van der Waals surface area (Å²) in [6.07, 6.45) is 9.62. The number of pyridine rings is 1. The number of carbonyl (C=O) groups is 1. The lowest BCUT2D eigenvalue weighted by molar-refractivity contribution is 0.0630. The van der Waals surface area contributed by atoms with Gasteiger partial charge < -0.3 is 9.80 Å². The number of hydrogen-bond acceptors (Lipinski definition) is 5. The van der Waals surface area contributed by atoms with Gasteiger partial charge in [-0.15, -0.1) is 0 Å². The van der Waals surface area contributed by atoms with Crippen LogP contribution < -0.4 is 4.90 Å². The van der Waals surface area contributed by atoms with E-state index >= 15 is 0 Å². The van der Waals surface area contributed by atoms with Gasteiger partial charge in [0.15, 0.2) is 5.69 Å². The highest BCUT2D eigenvalue weighted by atomic mass is 16.2. The van der Waals surface area contributed by atoms with Gasteiger partial charge in [-0.05, 0) is 68.7 Å². The smallest absolute Gasteiger partial charge is 0.274 e. The van der Waals surface area contributed by atoms with Gasteiger partial charge in [0.05, 0.1) is 5.69 Å². The van der Waals surface area contributed by atoms with Crippen LogP contribution in [0.15, 0.2) is 54.7 Å². The van der Waals surface area contributed by atoms with E-state index in [1.54, 1.807) is 0 Å². The molecule has 2 aliphatic heterocycles. The molecule has 37 heavy (non-hydrogen) atoms. The maximum Gasteiger partial charge on any atom is 0.274 e. The highest BCUT2D eigenvalue weighted by molar-refractivity contribution is 5.94. The maximum absolute atomic E-state index is 13.9. The first-order valence-electron chi connectivity index (χ1n) is 14.1. The Labute approximate surface area is 220 Å². The van der Waals surface area contributed by atoms with Crippen LogP contribution >= 0.6 is 0 Å². The molecule has 0 N–H and O–H groups in total. The number of piperidine rings is 1. The van der Waals surface area contributed by atoms with Crippen molar-refractivity contribution in [3.05, 3.63) is 71.7 Å². The Morgan fingerprint density at radius 2 is 1.68 bits per heavy atom. The van der Waals surface area contributed by atoms with E-state index in [4.69, 9.17) is 5.10 Å². The van der Waals surface area contributed by atoms with Crippen molar-refractivity contribution in [3.63, 3.8) is 0 Å². The Bertz CT molecular complexity index is 1190. The molecule has 6 rings (SSSR count). The Hall–Kier alpha value is -3.19. The van der Waals surface area contributed by atoms with Crippen molar-refractivity contribution in [2.24, 2.45) is 5.92 Å². The topological polar surface area (TPSA) is 57.5 Å². The van der Waals surface area contributed by atoms with Crippen molar-refractivity contribution < 1.29 is 4.79 Å². The lowest BCUT2D eigenvalue weighted by Crippen LogP contribution is -2.50. The van der Waals surface area contributed by atoms with E-state index in [2.05, 4.69) is 48.6 Å². The molecule has 2 aromatic heterocycles. The van der Waals surface area contributed by atoms with Gasteiger partial charge in [0.1, 0.15) is 5.82 Å². The zero-order chi connectivity index (χ0) is 25.0. The van der Waals surface area contributed by atoms with E-state index in [9.17, 15) is 4.79 Å². The monoisotopic (exact) mass is 498 g/mol. The number of piperazine rings is 1. The maximum atomic E-state index is 13.9. The largest absolute Gasteiger partial charge is 0.354 e. The molecule has 1 amide bonds. The Morgan fingerprint density at radius 1 is 0.865 bits per heavy atom. The summed E-state index contributed by atoms with van der Waals surface area (Å²) in [6, 6.07) is 16.4. The Morgan fingerprint density at radius 3 is 2.49 bits per heavy atom. The fraction of sp³-hybridized carbons (Fsp3) is 0.500. The van der Waals surface area contributed by atoms with Crippen molar-refractivity contribution in [3.8, 4) is 5.69 Å². The average Bonchev–Trinajstić information content (AvgIpc) is 3.14. The molecule has 194 valence electrons. The molecule has 1 aromatic carbocycles. The van der Waals surface area contributed by atoms with Gasteiger partial charge in [0, 0.05) is 63.3 Å². The van der Waals surface area contributed by atoms with Crippen LogP contribution in [-0.2, 0) is 12.8 Å². The van der Waals surface area contributed by atoms with E-state index in [0.29, 0.717) is 11.6 Å². The molecule has 4 heterocycles. The summed E-state index contributed by atoms with van der Waals surface area (Å²) in [7, 11) is 0. The number of hydrogen-bond donors (Lipinski definition) is 0. The molecular weight excluding hydrogens is 460 g/mol. The van der Waals surface area contributed by atoms with Gasteiger partial charge >= 0.3 is 0 Å². The number of fused-ring (bicyclic) bond motifs is 1. The van der Waals surface area contributed by atoms with Gasteiger partial charge in [0.25, 0.3) is 5.91 Å². The number of para-hydroxylation sites is 1. The van der Waals surface area contributed by atoms with Crippen LogP contribution in [0.25, 0.3) is 5.69 Å². The lowest BCUT2D eigenvalue weighted by atomic mass is 9.96. The minimum Gasteiger partial charge on any atom is -0.354 e. The average molecular weight is 499 g/mol. The third kappa shape index (κ3) is 5.28. The van der Waals surface area contributed by atoms with Crippen molar-refractivity contribution in [2.75, 3.05) is 50.7 Å². The number of likely N-dealkylation sites (tertiary alicyclic amines) is 1. The molecule has 1 aliphatic carbocycles. The van der Waals surface area contributed by atoms with Crippen LogP contribution in [0, 0.1) is 5.92 Å². The summed E-state index contributed by atoms with van der Waals surface area (Å²) in [4.78, 5) is 25.5. The van der Waals surface area contributed by atoms with Crippen LogP contribution in [0.3, 0.4) is 0 Å². The Kier molecular flexibility index (Phi) is 7.22. The SMILES string of the molecule is O=C(c1nn(-c2ccccc2)c2c1CCCCC2)N1CCCC(CN2CCN(c3ccccn3)CC2)C1. The molecule has 0 spiro atoms. The van der Waals surface area contributed by atoms with Gasteiger partial charge in [-0.1, -0.05) is 30.7 Å². The predicted octanol–water partition coefficient (Wildman–Crippen LogP) is 4.21. The van der Waals surface area contributed by atoms with Crippen LogP contribution in [0.4, 0.5) is 5.82 Å². The van der Waals surface area contributed by atoms with Crippen molar-refractivity contribution in [1.29, 1.82) is 0 Å². The second kappa shape index (κ2) is 11.1. The Balaban J connectivity index is 1.13. The van der Waals surface area contributed by atoms with Crippen LogP contribution in [0.5, 0.6) is 0 Å². The molecule has 7 nitrogen and oxygen atoms in total. The molecule has 0 bridgehead atoms. The zero-order valence-corrected chi connectivity index (χ0v) is 21.8. The number of carbonyl (C=O) groups excluding carboxylic acids is 1. The van der Waals surface area contributed by atoms with E-state index in [-0.39, 0.29) is 5.91 Å². The third-order valence-electron chi connectivity index (χ3n) is 8.30. The molecule has 0 saturated carbocycles. The summed E-state index contributed by atoms with van der Waals surface area (Å²) >= 11 is 0. The summed E-state index contributed by atoms with van der Waals surface area (Å²) in [6.45, 7) is 6.87. The number of nitrogens with zero attached hydrogens (tertiary/aromatic N) is 6. The number of benzene rings is 1. The minimum atomic E-state index is 0.137. The van der Waals surface area contributed by atoms with Gasteiger partial charge in [-0.2, -0.15) is 5.10 Å². The van der Waals surface area contributed by atoms with Crippen LogP contribution in [-0.4, -0.2) is 76.3 Å². The van der Waals surface area contributed by atoms with Crippen LogP contribution in [0.1, 0.15) is 53.8 Å². The number of anilines is 1. The molecule has 1 atom stereocenters. The summed E-state index contributed by atoms with van der Waals surface area (Å²) in [5.74, 6) is 1.73. The quantitative estimate of drug-likeness (QED) is 0.493. The second-order valence-corrected chi connectivity index (χ2v) is 10.8. The minimum absolute atomic E-state index is 0.137. The normalized spacial score (nSPS) is 20.9. The molecule has 2 fully saturated rings. The van der Waals surface area contributed by atoms with Gasteiger partial charge in [-0.3, -0.25) is 9.69 Å². The third-order valence-corrected chi connectivity index (χ3v) is 8.30. The van der Waals surface area contributed by atoms with Gasteiger partial charge in [-0.25, -0.2) is 9.67 Å². The number of rotatable bonds is 5. The van der Waals surface area contributed by atoms with E-state index < -0.39 is 0 Å². The van der Waals surface area contributed by atoms with Crippen molar-refractivity contribution in [2.45, 2.75) is 44.9 Å². The fourth-order valence-electron chi connectivity index (χ4n) is 6.34.